The molecule has 0 radical (unpaired) electrons. The van der Waals surface area contributed by atoms with E-state index in [0.29, 0.717) is 18.1 Å². The SMILES string of the molecule is CCCNC(Cc1ccncc1)C1CCOC1C. The van der Waals surface area contributed by atoms with Crippen LogP contribution in [0.15, 0.2) is 24.5 Å². The molecule has 3 unspecified atom stereocenters. The Bertz CT molecular complexity index is 342. The van der Waals surface area contributed by atoms with Crippen LogP contribution in [0.5, 0.6) is 0 Å². The topological polar surface area (TPSA) is 34.2 Å². The van der Waals surface area contributed by atoms with Crippen molar-refractivity contribution < 1.29 is 4.74 Å². The summed E-state index contributed by atoms with van der Waals surface area (Å²) in [6, 6.07) is 4.74. The zero-order valence-corrected chi connectivity index (χ0v) is 11.4. The summed E-state index contributed by atoms with van der Waals surface area (Å²) in [5, 5.41) is 3.69. The van der Waals surface area contributed by atoms with Crippen molar-refractivity contribution >= 4 is 0 Å². The first-order chi connectivity index (χ1) is 8.81. The number of pyridine rings is 1. The van der Waals surface area contributed by atoms with Crippen LogP contribution in [-0.2, 0) is 11.2 Å². The zero-order valence-electron chi connectivity index (χ0n) is 11.4. The second-order valence-corrected chi connectivity index (χ2v) is 5.15. The van der Waals surface area contributed by atoms with Crippen molar-refractivity contribution in [2.24, 2.45) is 5.92 Å². The average Bonchev–Trinajstić information content (AvgIpc) is 2.82. The minimum atomic E-state index is 0.376. The molecule has 0 saturated carbocycles. The first-order valence-electron chi connectivity index (χ1n) is 7.05. The van der Waals surface area contributed by atoms with Gasteiger partial charge in [0.25, 0.3) is 0 Å². The molecule has 0 spiro atoms. The van der Waals surface area contributed by atoms with Crippen LogP contribution in [0, 0.1) is 5.92 Å². The third-order valence-corrected chi connectivity index (χ3v) is 3.81. The Morgan fingerprint density at radius 3 is 2.83 bits per heavy atom. The van der Waals surface area contributed by atoms with Crippen LogP contribution in [0.4, 0.5) is 0 Å². The predicted octanol–water partition coefficient (Wildman–Crippen LogP) is 2.42. The van der Waals surface area contributed by atoms with Crippen molar-refractivity contribution in [3.63, 3.8) is 0 Å². The van der Waals surface area contributed by atoms with Crippen molar-refractivity contribution in [2.45, 2.75) is 45.3 Å². The fourth-order valence-corrected chi connectivity index (χ4v) is 2.75. The molecule has 1 fully saturated rings. The second-order valence-electron chi connectivity index (χ2n) is 5.15. The summed E-state index contributed by atoms with van der Waals surface area (Å²) >= 11 is 0. The lowest BCUT2D eigenvalue weighted by Crippen LogP contribution is -2.41. The van der Waals surface area contributed by atoms with Crippen LogP contribution >= 0.6 is 0 Å². The minimum Gasteiger partial charge on any atom is -0.378 e. The highest BCUT2D eigenvalue weighted by Crippen LogP contribution is 2.25. The third kappa shape index (κ3) is 3.53. The molecular weight excluding hydrogens is 224 g/mol. The van der Waals surface area contributed by atoms with Crippen molar-refractivity contribution in [3.8, 4) is 0 Å². The van der Waals surface area contributed by atoms with E-state index in [2.05, 4.69) is 36.3 Å². The van der Waals surface area contributed by atoms with E-state index in [1.165, 1.54) is 18.4 Å². The molecule has 1 aliphatic rings. The van der Waals surface area contributed by atoms with Crippen molar-refractivity contribution in [3.05, 3.63) is 30.1 Å². The molecule has 1 saturated heterocycles. The lowest BCUT2D eigenvalue weighted by molar-refractivity contribution is 0.0954. The van der Waals surface area contributed by atoms with E-state index in [1.807, 2.05) is 12.4 Å². The third-order valence-electron chi connectivity index (χ3n) is 3.81. The van der Waals surface area contributed by atoms with Crippen LogP contribution in [0.3, 0.4) is 0 Å². The van der Waals surface area contributed by atoms with Gasteiger partial charge in [0, 0.05) is 31.0 Å². The summed E-state index contributed by atoms with van der Waals surface area (Å²) in [4.78, 5) is 4.08. The fraction of sp³-hybridized carbons (Fsp3) is 0.667. The Kier molecular flexibility index (Phi) is 5.14. The molecule has 1 aromatic heterocycles. The molecule has 0 bridgehead atoms. The summed E-state index contributed by atoms with van der Waals surface area (Å²) in [5.41, 5.74) is 1.36. The normalized spacial score (nSPS) is 25.2. The maximum absolute atomic E-state index is 5.71. The predicted molar refractivity (Wildman–Crippen MR) is 73.5 cm³/mol. The molecule has 2 heterocycles. The summed E-state index contributed by atoms with van der Waals surface area (Å²) in [6.07, 6.45) is 7.55. The van der Waals surface area contributed by atoms with Gasteiger partial charge in [-0.05, 0) is 50.4 Å². The van der Waals surface area contributed by atoms with Gasteiger partial charge in [-0.2, -0.15) is 0 Å². The minimum absolute atomic E-state index is 0.376. The maximum Gasteiger partial charge on any atom is 0.0590 e. The van der Waals surface area contributed by atoms with Crippen molar-refractivity contribution in [1.29, 1.82) is 0 Å². The molecular formula is C15H24N2O. The van der Waals surface area contributed by atoms with Crippen LogP contribution in [-0.4, -0.2) is 30.3 Å². The lowest BCUT2D eigenvalue weighted by Gasteiger charge is -2.27. The highest BCUT2D eigenvalue weighted by Gasteiger charge is 2.31. The molecule has 2 rings (SSSR count). The zero-order chi connectivity index (χ0) is 12.8. The maximum atomic E-state index is 5.71. The molecule has 0 amide bonds. The molecule has 1 aliphatic heterocycles. The molecule has 3 heteroatoms. The second kappa shape index (κ2) is 6.86. The Labute approximate surface area is 110 Å². The Hall–Kier alpha value is -0.930. The summed E-state index contributed by atoms with van der Waals surface area (Å²) in [6.45, 7) is 6.40. The van der Waals surface area contributed by atoms with Crippen LogP contribution in [0.1, 0.15) is 32.3 Å². The average molecular weight is 248 g/mol. The van der Waals surface area contributed by atoms with Gasteiger partial charge in [0.15, 0.2) is 0 Å². The molecule has 0 aromatic carbocycles. The van der Waals surface area contributed by atoms with Gasteiger partial charge in [-0.15, -0.1) is 0 Å². The highest BCUT2D eigenvalue weighted by molar-refractivity contribution is 5.12. The number of ether oxygens (including phenoxy) is 1. The molecule has 1 aromatic rings. The Morgan fingerprint density at radius 2 is 2.22 bits per heavy atom. The van der Waals surface area contributed by atoms with E-state index >= 15 is 0 Å². The number of nitrogens with zero attached hydrogens (tertiary/aromatic N) is 1. The van der Waals surface area contributed by atoms with Crippen LogP contribution in [0.25, 0.3) is 0 Å². The molecule has 0 aliphatic carbocycles. The summed E-state index contributed by atoms with van der Waals surface area (Å²) < 4.78 is 5.71. The smallest absolute Gasteiger partial charge is 0.0590 e. The van der Waals surface area contributed by atoms with E-state index < -0.39 is 0 Å². The molecule has 1 N–H and O–H groups in total. The number of rotatable bonds is 6. The Morgan fingerprint density at radius 1 is 1.44 bits per heavy atom. The van der Waals surface area contributed by atoms with Gasteiger partial charge in [0.05, 0.1) is 6.10 Å². The standard InChI is InChI=1S/C15H24N2O/c1-3-7-17-15(14-6-10-18-12(14)2)11-13-4-8-16-9-5-13/h4-5,8-9,12,14-15,17H,3,6-7,10-11H2,1-2H3. The highest BCUT2D eigenvalue weighted by atomic mass is 16.5. The van der Waals surface area contributed by atoms with E-state index in [-0.39, 0.29) is 0 Å². The Balaban J connectivity index is 2.00. The van der Waals surface area contributed by atoms with E-state index in [1.54, 1.807) is 0 Å². The number of nitrogens with one attached hydrogen (secondary N) is 1. The monoisotopic (exact) mass is 248 g/mol. The van der Waals surface area contributed by atoms with Gasteiger partial charge < -0.3 is 10.1 Å². The molecule has 100 valence electrons. The fourth-order valence-electron chi connectivity index (χ4n) is 2.75. The quantitative estimate of drug-likeness (QED) is 0.839. The van der Waals surface area contributed by atoms with Crippen LogP contribution < -0.4 is 5.32 Å². The van der Waals surface area contributed by atoms with Crippen LogP contribution in [0.2, 0.25) is 0 Å². The van der Waals surface area contributed by atoms with E-state index in [9.17, 15) is 0 Å². The van der Waals surface area contributed by atoms with Gasteiger partial charge in [-0.3, -0.25) is 4.98 Å². The van der Waals surface area contributed by atoms with Crippen molar-refractivity contribution in [1.82, 2.24) is 10.3 Å². The summed E-state index contributed by atoms with van der Waals surface area (Å²) in [7, 11) is 0. The van der Waals surface area contributed by atoms with Crippen molar-refractivity contribution in [2.75, 3.05) is 13.2 Å². The first-order valence-corrected chi connectivity index (χ1v) is 7.05. The van der Waals surface area contributed by atoms with Gasteiger partial charge in [-0.1, -0.05) is 6.92 Å². The molecule has 18 heavy (non-hydrogen) atoms. The largest absolute Gasteiger partial charge is 0.378 e. The summed E-state index contributed by atoms with van der Waals surface area (Å²) in [5.74, 6) is 0.629. The number of hydrogen-bond acceptors (Lipinski definition) is 3. The first kappa shape index (κ1) is 13.5. The van der Waals surface area contributed by atoms with Gasteiger partial charge in [0.1, 0.15) is 0 Å². The number of hydrogen-bond donors (Lipinski definition) is 1. The number of aromatic nitrogens is 1. The van der Waals surface area contributed by atoms with E-state index in [0.717, 1.165) is 19.6 Å². The lowest BCUT2D eigenvalue weighted by atomic mass is 9.89. The molecule has 3 nitrogen and oxygen atoms in total. The van der Waals surface area contributed by atoms with Gasteiger partial charge >= 0.3 is 0 Å². The van der Waals surface area contributed by atoms with Gasteiger partial charge in [-0.25, -0.2) is 0 Å². The van der Waals surface area contributed by atoms with Gasteiger partial charge in [0.2, 0.25) is 0 Å². The molecule has 3 atom stereocenters. The van der Waals surface area contributed by atoms with E-state index in [4.69, 9.17) is 4.74 Å².